The molecule has 5 atom stereocenters. The molecule has 5 nitrogen and oxygen atoms in total. The fourth-order valence-corrected chi connectivity index (χ4v) is 4.17. The van der Waals surface area contributed by atoms with Crippen molar-refractivity contribution >= 4 is 0 Å². The van der Waals surface area contributed by atoms with Crippen LogP contribution in [0.25, 0.3) is 0 Å². The van der Waals surface area contributed by atoms with E-state index < -0.39 is 18.6 Å². The molecule has 180 valence electrons. The van der Waals surface area contributed by atoms with Crippen molar-refractivity contribution in [2.45, 2.75) is 44.5 Å². The molecular formula is C29H34O5. The lowest BCUT2D eigenvalue weighted by Crippen LogP contribution is -2.38. The van der Waals surface area contributed by atoms with Gasteiger partial charge >= 0.3 is 0 Å². The van der Waals surface area contributed by atoms with Crippen LogP contribution >= 0.6 is 0 Å². The number of hydrogen-bond donors (Lipinski definition) is 0. The molecule has 1 fully saturated rings. The lowest BCUT2D eigenvalue weighted by molar-refractivity contribution is -0.151. The first kappa shape index (κ1) is 23.2. The molecule has 0 amide bonds. The highest BCUT2D eigenvalue weighted by Crippen LogP contribution is 2.35. The number of ether oxygens (including phenoxy) is 5. The van der Waals surface area contributed by atoms with Crippen LogP contribution in [0.2, 0.25) is 0 Å². The smallest absolute Gasteiger partial charge is 0.146 e. The van der Waals surface area contributed by atoms with E-state index in [1.165, 1.54) is 0 Å². The molecule has 2 unspecified atom stereocenters. The number of benzene rings is 3. The lowest BCUT2D eigenvalue weighted by Gasteiger charge is -2.27. The molecule has 0 aromatic heterocycles. The molecule has 0 N–H and O–H groups in total. The highest BCUT2D eigenvalue weighted by Gasteiger charge is 2.46. The van der Waals surface area contributed by atoms with Crippen LogP contribution in [0.5, 0.6) is 0 Å². The zero-order chi connectivity index (χ0) is 24.3. The fourth-order valence-electron chi connectivity index (χ4n) is 4.17. The summed E-state index contributed by atoms with van der Waals surface area (Å²) in [5.74, 6) is -0.218. The summed E-state index contributed by atoms with van der Waals surface area (Å²) >= 11 is 0. The van der Waals surface area contributed by atoms with Crippen molar-refractivity contribution in [1.82, 2.24) is 0 Å². The largest absolute Gasteiger partial charge is 0.376 e. The second-order valence-electron chi connectivity index (χ2n) is 8.42. The van der Waals surface area contributed by atoms with Crippen molar-refractivity contribution in [1.29, 1.82) is 0 Å². The van der Waals surface area contributed by atoms with Crippen LogP contribution in [0.4, 0.5) is 0 Å². The van der Waals surface area contributed by atoms with Gasteiger partial charge < -0.3 is 23.7 Å². The number of methoxy groups -OCH3 is 1. The molecule has 34 heavy (non-hydrogen) atoms. The van der Waals surface area contributed by atoms with E-state index in [0.29, 0.717) is 26.4 Å². The molecule has 1 aliphatic carbocycles. The Morgan fingerprint density at radius 3 is 1.71 bits per heavy atom. The molecule has 0 saturated heterocycles. The first-order valence-corrected chi connectivity index (χ1v) is 11.7. The van der Waals surface area contributed by atoms with Gasteiger partial charge in [-0.05, 0) is 23.1 Å². The number of hydrogen-bond acceptors (Lipinski definition) is 5. The molecule has 5 heteroatoms. The quantitative estimate of drug-likeness (QED) is 0.318. The van der Waals surface area contributed by atoms with Crippen molar-refractivity contribution in [3.63, 3.8) is 0 Å². The average Bonchev–Trinajstić information content (AvgIpc) is 3.16. The monoisotopic (exact) mass is 463 g/mol. The second kappa shape index (κ2) is 13.4. The van der Waals surface area contributed by atoms with Gasteiger partial charge in [-0.2, -0.15) is 0 Å². The Bertz CT molecular complexity index is 972. The fraction of sp³-hybridized carbons (Fsp3) is 0.379. The van der Waals surface area contributed by atoms with Crippen LogP contribution < -0.4 is 0 Å². The van der Waals surface area contributed by atoms with Gasteiger partial charge in [-0.25, -0.2) is 0 Å². The van der Waals surface area contributed by atoms with Gasteiger partial charge in [-0.15, -0.1) is 0 Å². The van der Waals surface area contributed by atoms with Gasteiger partial charge in [-0.3, -0.25) is 0 Å². The summed E-state index contributed by atoms with van der Waals surface area (Å²) in [7, 11) is 1.58. The normalized spacial score (nSPS) is 24.7. The summed E-state index contributed by atoms with van der Waals surface area (Å²) in [5.41, 5.74) is 3.23. The van der Waals surface area contributed by atoms with Crippen molar-refractivity contribution in [2.75, 3.05) is 20.5 Å². The Morgan fingerprint density at radius 2 is 1.18 bits per heavy atom. The topological polar surface area (TPSA) is 46.2 Å². The van der Waals surface area contributed by atoms with E-state index in [9.17, 15) is 0 Å². The molecule has 4 rings (SSSR count). The molecule has 3 aromatic rings. The molecule has 3 aromatic carbocycles. The molecular weight excluding hydrogens is 428 g/mol. The summed E-state index contributed by atoms with van der Waals surface area (Å²) in [5, 5.41) is 0. The third kappa shape index (κ3) is 7.23. The molecule has 0 heterocycles. The minimum absolute atomic E-state index is 0.0915. The van der Waals surface area contributed by atoms with Gasteiger partial charge in [0.15, 0.2) is 0 Å². The summed E-state index contributed by atoms with van der Waals surface area (Å²) in [6.45, 7) is 1.78. The summed E-state index contributed by atoms with van der Waals surface area (Å²) in [6.07, 6.45) is -1.87. The van der Waals surface area contributed by atoms with Crippen LogP contribution in [0.1, 0.15) is 24.5 Å². The van der Waals surface area contributed by atoms with E-state index in [1.807, 2.05) is 91.0 Å². The Hall–Kier alpha value is -2.54. The van der Waals surface area contributed by atoms with Crippen LogP contribution in [0.15, 0.2) is 91.0 Å². The predicted molar refractivity (Wildman–Crippen MR) is 131 cm³/mol. The third-order valence-electron chi connectivity index (χ3n) is 5.88. The lowest BCUT2D eigenvalue weighted by atomic mass is 10.1. The Kier molecular flexibility index (Phi) is 9.13. The van der Waals surface area contributed by atoms with E-state index in [-0.39, 0.29) is 18.8 Å². The minimum Gasteiger partial charge on any atom is -0.376 e. The van der Waals surface area contributed by atoms with Gasteiger partial charge in [0.05, 0.1) is 38.6 Å². The van der Waals surface area contributed by atoms with Crippen molar-refractivity contribution in [3.8, 4) is 0 Å². The van der Waals surface area contributed by atoms with E-state index in [1.54, 1.807) is 7.11 Å². The van der Waals surface area contributed by atoms with E-state index in [2.05, 4.69) is 0 Å². The maximum absolute atomic E-state index is 9.01. The Balaban J connectivity index is 1.50. The molecule has 1 saturated carbocycles. The molecule has 0 bridgehead atoms. The van der Waals surface area contributed by atoms with Crippen LogP contribution in [0.3, 0.4) is 0 Å². The third-order valence-corrected chi connectivity index (χ3v) is 5.88. The Labute approximate surface area is 204 Å². The van der Waals surface area contributed by atoms with Crippen molar-refractivity contribution in [2.24, 2.45) is 5.92 Å². The van der Waals surface area contributed by atoms with E-state index in [4.69, 9.17) is 25.1 Å². The van der Waals surface area contributed by atoms with E-state index >= 15 is 0 Å². The van der Waals surface area contributed by atoms with Crippen LogP contribution in [-0.4, -0.2) is 38.8 Å². The van der Waals surface area contributed by atoms with Gasteiger partial charge in [-0.1, -0.05) is 91.0 Å². The van der Waals surface area contributed by atoms with Gasteiger partial charge in [0.2, 0.25) is 0 Å². The summed E-state index contributed by atoms with van der Waals surface area (Å²) < 4.78 is 39.1. The zero-order valence-electron chi connectivity index (χ0n) is 20.6. The van der Waals surface area contributed by atoms with Gasteiger partial charge in [0.1, 0.15) is 12.9 Å². The maximum Gasteiger partial charge on any atom is 0.146 e. The number of rotatable bonds is 13. The first-order chi connectivity index (χ1) is 17.3. The average molecular weight is 464 g/mol. The first-order valence-electron chi connectivity index (χ1n) is 12.3. The summed E-state index contributed by atoms with van der Waals surface area (Å²) in [4.78, 5) is 0. The zero-order valence-corrected chi connectivity index (χ0v) is 19.6. The van der Waals surface area contributed by atoms with Crippen molar-refractivity contribution in [3.05, 3.63) is 108 Å². The van der Waals surface area contributed by atoms with Crippen LogP contribution in [0, 0.1) is 5.92 Å². The van der Waals surface area contributed by atoms with Crippen molar-refractivity contribution < 1.29 is 25.1 Å². The van der Waals surface area contributed by atoms with Gasteiger partial charge in [0, 0.05) is 14.4 Å². The van der Waals surface area contributed by atoms with E-state index in [0.717, 1.165) is 16.7 Å². The minimum atomic E-state index is -0.581. The second-order valence-corrected chi connectivity index (χ2v) is 8.42. The maximum atomic E-state index is 9.01. The molecule has 0 radical (unpaired) electrons. The summed E-state index contributed by atoms with van der Waals surface area (Å²) in [6, 6.07) is 30.1. The highest BCUT2D eigenvalue weighted by molar-refractivity contribution is 5.15. The molecule has 0 spiro atoms. The van der Waals surface area contributed by atoms with Gasteiger partial charge in [0.25, 0.3) is 0 Å². The molecule has 1 aliphatic rings. The predicted octanol–water partition coefficient (Wildman–Crippen LogP) is 5.38. The van der Waals surface area contributed by atoms with Crippen LogP contribution in [-0.2, 0) is 43.5 Å². The molecule has 0 aliphatic heterocycles. The standard InChI is InChI=1S/C29H34O5/c1-30-22-34-27-17-26(21-31-18-23-11-5-2-6-12-23)28(32-19-24-13-7-3-8-14-24)29(27)33-20-25-15-9-4-10-16-25/h2-16,26-29H,17-22H2,1H3/t26?,27-,28-,29-/m1/s1/i17D/t17?,26?,27-,28-,29-. The highest BCUT2D eigenvalue weighted by atomic mass is 16.7. The Morgan fingerprint density at radius 1 is 0.676 bits per heavy atom. The SMILES string of the molecule is [2H]C1C(COCc2ccccc2)[C@@H](OCc2ccccc2)[C@H](OCc2ccccc2)[C@@H]1OCOC.